The van der Waals surface area contributed by atoms with Gasteiger partial charge in [0.15, 0.2) is 0 Å². The van der Waals surface area contributed by atoms with E-state index in [1.807, 2.05) is 0 Å². The van der Waals surface area contributed by atoms with Crippen LogP contribution in [-0.4, -0.2) is 11.8 Å². The molecule has 1 saturated carbocycles. The van der Waals surface area contributed by atoms with Gasteiger partial charge in [-0.3, -0.25) is 9.59 Å². The fourth-order valence-electron chi connectivity index (χ4n) is 2.39. The molecule has 24 heavy (non-hydrogen) atoms. The Balaban J connectivity index is 1.58. The van der Waals surface area contributed by atoms with Crippen molar-refractivity contribution < 1.29 is 9.59 Å². The van der Waals surface area contributed by atoms with Gasteiger partial charge in [0.05, 0.1) is 22.5 Å². The van der Waals surface area contributed by atoms with Crippen molar-refractivity contribution in [3.05, 3.63) is 57.5 Å². The third-order valence-corrected chi connectivity index (χ3v) is 4.53. The monoisotopic (exact) mass is 382 g/mol. The molecule has 1 fully saturated rings. The Kier molecular flexibility index (Phi) is 4.99. The standard InChI is InChI=1S/C17H13Cl3N2O2/c18-9-2-1-3-11(6-9)21-16(23)12-8-13(12)17(24)22-15-5-4-10(19)7-14(15)20/h1-7,12-13H,8H2,(H,21,23)(H,22,24). The van der Waals surface area contributed by atoms with Crippen LogP contribution in [0.15, 0.2) is 42.5 Å². The fraction of sp³-hybridized carbons (Fsp3) is 0.176. The van der Waals surface area contributed by atoms with Crippen LogP contribution < -0.4 is 10.6 Å². The van der Waals surface area contributed by atoms with Gasteiger partial charge in [0, 0.05) is 15.7 Å². The molecule has 2 amide bonds. The molecule has 2 N–H and O–H groups in total. The van der Waals surface area contributed by atoms with Crippen LogP contribution in [-0.2, 0) is 9.59 Å². The van der Waals surface area contributed by atoms with E-state index in [0.29, 0.717) is 32.9 Å². The summed E-state index contributed by atoms with van der Waals surface area (Å²) in [5.74, 6) is -1.14. The summed E-state index contributed by atoms with van der Waals surface area (Å²) in [7, 11) is 0. The average Bonchev–Trinajstić information content (AvgIpc) is 3.31. The van der Waals surface area contributed by atoms with Crippen LogP contribution in [0.25, 0.3) is 0 Å². The second-order valence-corrected chi connectivity index (χ2v) is 6.84. The van der Waals surface area contributed by atoms with E-state index in [2.05, 4.69) is 10.6 Å². The largest absolute Gasteiger partial charge is 0.326 e. The number of hydrogen-bond acceptors (Lipinski definition) is 2. The topological polar surface area (TPSA) is 58.2 Å². The molecule has 2 atom stereocenters. The van der Waals surface area contributed by atoms with E-state index in [-0.39, 0.29) is 23.7 Å². The molecule has 1 aliphatic rings. The lowest BCUT2D eigenvalue weighted by Gasteiger charge is -2.08. The van der Waals surface area contributed by atoms with E-state index in [1.54, 1.807) is 42.5 Å². The first-order valence-corrected chi connectivity index (χ1v) is 8.40. The number of hydrogen-bond donors (Lipinski definition) is 2. The molecule has 0 radical (unpaired) electrons. The van der Waals surface area contributed by atoms with Crippen LogP contribution in [0.3, 0.4) is 0 Å². The summed E-state index contributed by atoms with van der Waals surface area (Å²) in [6.07, 6.45) is 0.503. The van der Waals surface area contributed by atoms with Crippen LogP contribution in [0.4, 0.5) is 11.4 Å². The predicted octanol–water partition coefficient (Wildman–Crippen LogP) is 4.86. The molecule has 1 aliphatic carbocycles. The maximum absolute atomic E-state index is 12.2. The van der Waals surface area contributed by atoms with Gasteiger partial charge >= 0.3 is 0 Å². The number of benzene rings is 2. The summed E-state index contributed by atoms with van der Waals surface area (Å²) in [6, 6.07) is 11.7. The van der Waals surface area contributed by atoms with Gasteiger partial charge in [-0.25, -0.2) is 0 Å². The first-order valence-electron chi connectivity index (χ1n) is 7.26. The lowest BCUT2D eigenvalue weighted by atomic mass is 10.2. The number of anilines is 2. The number of amides is 2. The highest BCUT2D eigenvalue weighted by atomic mass is 35.5. The van der Waals surface area contributed by atoms with Crippen molar-refractivity contribution in [2.75, 3.05) is 10.6 Å². The van der Waals surface area contributed by atoms with Gasteiger partial charge in [-0.1, -0.05) is 40.9 Å². The van der Waals surface area contributed by atoms with Crippen LogP contribution >= 0.6 is 34.8 Å². The van der Waals surface area contributed by atoms with Crippen LogP contribution in [0.2, 0.25) is 15.1 Å². The average molecular weight is 384 g/mol. The summed E-state index contributed by atoms with van der Waals surface area (Å²) in [5, 5.41) is 6.88. The van der Waals surface area contributed by atoms with Gasteiger partial charge in [-0.05, 0) is 42.8 Å². The highest BCUT2D eigenvalue weighted by molar-refractivity contribution is 6.36. The molecule has 0 heterocycles. The number of carbonyl (C=O) groups excluding carboxylic acids is 2. The van der Waals surface area contributed by atoms with Gasteiger partial charge in [0.2, 0.25) is 11.8 Å². The van der Waals surface area contributed by atoms with Crippen LogP contribution in [0.5, 0.6) is 0 Å². The molecule has 4 nitrogen and oxygen atoms in total. The van der Waals surface area contributed by atoms with E-state index in [0.717, 1.165) is 0 Å². The summed E-state index contributed by atoms with van der Waals surface area (Å²) in [6.45, 7) is 0. The summed E-state index contributed by atoms with van der Waals surface area (Å²) in [4.78, 5) is 24.4. The Labute approximate surface area is 154 Å². The molecule has 2 unspecified atom stereocenters. The molecule has 7 heteroatoms. The van der Waals surface area contributed by atoms with Crippen LogP contribution in [0.1, 0.15) is 6.42 Å². The molecule has 0 spiro atoms. The summed E-state index contributed by atoms with van der Waals surface area (Å²) >= 11 is 17.7. The maximum atomic E-state index is 12.2. The van der Waals surface area contributed by atoms with E-state index in [9.17, 15) is 9.59 Å². The Morgan fingerprint density at radius 2 is 1.54 bits per heavy atom. The van der Waals surface area contributed by atoms with Gasteiger partial charge in [-0.2, -0.15) is 0 Å². The second kappa shape index (κ2) is 7.01. The van der Waals surface area contributed by atoms with Crippen molar-refractivity contribution in [3.8, 4) is 0 Å². The first-order chi connectivity index (χ1) is 11.4. The van der Waals surface area contributed by atoms with Gasteiger partial charge < -0.3 is 10.6 Å². The lowest BCUT2D eigenvalue weighted by molar-refractivity contribution is -0.122. The zero-order valence-electron chi connectivity index (χ0n) is 12.4. The van der Waals surface area contributed by atoms with E-state index >= 15 is 0 Å². The molecular weight excluding hydrogens is 371 g/mol. The fourth-order valence-corrected chi connectivity index (χ4v) is 3.04. The normalized spacial score (nSPS) is 18.8. The number of halogens is 3. The highest BCUT2D eigenvalue weighted by Gasteiger charge is 2.48. The van der Waals surface area contributed by atoms with Gasteiger partial charge in [0.25, 0.3) is 0 Å². The van der Waals surface area contributed by atoms with Gasteiger partial charge in [-0.15, -0.1) is 0 Å². The second-order valence-electron chi connectivity index (χ2n) is 5.56. The zero-order valence-corrected chi connectivity index (χ0v) is 14.6. The van der Waals surface area contributed by atoms with Crippen molar-refractivity contribution >= 4 is 58.0 Å². The van der Waals surface area contributed by atoms with Crippen LogP contribution in [0, 0.1) is 11.8 Å². The summed E-state index contributed by atoms with van der Waals surface area (Å²) in [5.41, 5.74) is 1.09. The third kappa shape index (κ3) is 4.01. The summed E-state index contributed by atoms with van der Waals surface area (Å²) < 4.78 is 0. The van der Waals surface area contributed by atoms with Crippen molar-refractivity contribution in [2.45, 2.75) is 6.42 Å². The van der Waals surface area contributed by atoms with Crippen molar-refractivity contribution in [3.63, 3.8) is 0 Å². The molecule has 0 aromatic heterocycles. The van der Waals surface area contributed by atoms with E-state index < -0.39 is 0 Å². The minimum Gasteiger partial charge on any atom is -0.326 e. The quantitative estimate of drug-likeness (QED) is 0.792. The molecule has 124 valence electrons. The Morgan fingerprint density at radius 1 is 0.875 bits per heavy atom. The van der Waals surface area contributed by atoms with Crippen molar-refractivity contribution in [2.24, 2.45) is 11.8 Å². The van der Waals surface area contributed by atoms with E-state index in [1.165, 1.54) is 0 Å². The predicted molar refractivity (Wildman–Crippen MR) is 96.8 cm³/mol. The first kappa shape index (κ1) is 17.1. The van der Waals surface area contributed by atoms with Crippen molar-refractivity contribution in [1.29, 1.82) is 0 Å². The molecule has 3 rings (SSSR count). The highest BCUT2D eigenvalue weighted by Crippen LogP contribution is 2.41. The molecule has 2 aromatic rings. The molecule has 0 aliphatic heterocycles. The smallest absolute Gasteiger partial charge is 0.228 e. The van der Waals surface area contributed by atoms with Gasteiger partial charge in [0.1, 0.15) is 0 Å². The number of rotatable bonds is 4. The molecule has 0 saturated heterocycles. The molecular formula is C17H13Cl3N2O2. The Bertz CT molecular complexity index is 810. The zero-order chi connectivity index (χ0) is 17.3. The minimum atomic E-state index is -0.365. The van der Waals surface area contributed by atoms with Crippen molar-refractivity contribution in [1.82, 2.24) is 0 Å². The number of nitrogens with one attached hydrogen (secondary N) is 2. The maximum Gasteiger partial charge on any atom is 0.228 e. The third-order valence-electron chi connectivity index (χ3n) is 3.75. The SMILES string of the molecule is O=C(Nc1cccc(Cl)c1)C1CC1C(=O)Nc1ccc(Cl)cc1Cl. The Morgan fingerprint density at radius 3 is 2.21 bits per heavy atom. The Hall–Kier alpha value is -1.75. The minimum absolute atomic E-state index is 0.195. The number of carbonyl (C=O) groups is 2. The van der Waals surface area contributed by atoms with E-state index in [4.69, 9.17) is 34.8 Å². The lowest BCUT2D eigenvalue weighted by Crippen LogP contribution is -2.20. The molecule has 0 bridgehead atoms. The molecule has 2 aromatic carbocycles.